The van der Waals surface area contributed by atoms with E-state index in [1.807, 2.05) is 26.4 Å². The summed E-state index contributed by atoms with van der Waals surface area (Å²) in [4.78, 5) is 2.06. The van der Waals surface area contributed by atoms with Crippen LogP contribution in [0.1, 0.15) is 25.3 Å². The lowest BCUT2D eigenvalue weighted by Gasteiger charge is -2.23. The molecule has 1 atom stereocenters. The van der Waals surface area contributed by atoms with Crippen LogP contribution in [0.3, 0.4) is 0 Å². The van der Waals surface area contributed by atoms with E-state index in [-0.39, 0.29) is 6.04 Å². The van der Waals surface area contributed by atoms with E-state index < -0.39 is 10.0 Å². The molecule has 0 unspecified atom stereocenters. The largest absolute Gasteiger partial charge is 0.305 e. The number of sulfonamides is 1. The van der Waals surface area contributed by atoms with E-state index in [0.717, 1.165) is 18.4 Å². The second-order valence-corrected chi connectivity index (χ2v) is 7.61. The Morgan fingerprint density at radius 1 is 1.44 bits per heavy atom. The maximum Gasteiger partial charge on any atom is 0.250 e. The van der Waals surface area contributed by atoms with Gasteiger partial charge in [-0.1, -0.05) is 13.3 Å². The Morgan fingerprint density at radius 3 is 2.56 bits per heavy atom. The lowest BCUT2D eigenvalue weighted by molar-refractivity contribution is 0.277. The van der Waals surface area contributed by atoms with Crippen molar-refractivity contribution >= 4 is 21.4 Å². The van der Waals surface area contributed by atoms with Gasteiger partial charge in [0.2, 0.25) is 10.0 Å². The molecule has 0 aromatic carbocycles. The molecule has 0 amide bonds. The highest BCUT2D eigenvalue weighted by molar-refractivity contribution is 7.91. The van der Waals surface area contributed by atoms with E-state index in [1.165, 1.54) is 11.3 Å². The molecule has 1 heterocycles. The summed E-state index contributed by atoms with van der Waals surface area (Å²) in [6.07, 6.45) is 2.03. The Kier molecular flexibility index (Phi) is 5.78. The first kappa shape index (κ1) is 15.6. The number of nitrogens with zero attached hydrogens (tertiary/aromatic N) is 1. The van der Waals surface area contributed by atoms with Crippen molar-refractivity contribution in [3.63, 3.8) is 0 Å². The van der Waals surface area contributed by atoms with Crippen LogP contribution in [0.4, 0.5) is 0 Å². The third kappa shape index (κ3) is 4.35. The number of nitrogens with one attached hydrogen (secondary N) is 1. The summed E-state index contributed by atoms with van der Waals surface area (Å²) < 4.78 is 27.2. The van der Waals surface area contributed by atoms with Gasteiger partial charge in [-0.05, 0) is 44.4 Å². The molecule has 1 rings (SSSR count). The monoisotopic (exact) mass is 290 g/mol. The predicted molar refractivity (Wildman–Crippen MR) is 76.6 cm³/mol. The van der Waals surface area contributed by atoms with Gasteiger partial charge in [-0.25, -0.2) is 13.1 Å². The quantitative estimate of drug-likeness (QED) is 0.836. The minimum atomic E-state index is -3.34. The fraction of sp³-hybridized carbons (Fsp3) is 0.667. The number of likely N-dealkylation sites (N-methyl/N-ethyl adjacent to an activating group) is 1. The fourth-order valence-electron chi connectivity index (χ4n) is 1.70. The average Bonchev–Trinajstić information content (AvgIpc) is 2.71. The van der Waals surface area contributed by atoms with E-state index in [0.29, 0.717) is 10.8 Å². The van der Waals surface area contributed by atoms with Crippen molar-refractivity contribution in [1.82, 2.24) is 9.62 Å². The highest BCUT2D eigenvalue weighted by Crippen LogP contribution is 2.19. The van der Waals surface area contributed by atoms with Crippen LogP contribution < -0.4 is 4.72 Å². The Labute approximate surface area is 114 Å². The standard InChI is InChI=1S/C12H22N2O2S2/c1-5-6-11(14(3)4)8-13-18(15,16)12-7-10(2)9-17-12/h7,9,11,13H,5-6,8H2,1-4H3/t11-/m0/s1. The van der Waals surface area contributed by atoms with Crippen LogP contribution in [-0.4, -0.2) is 40.0 Å². The van der Waals surface area contributed by atoms with Crippen LogP contribution in [-0.2, 0) is 10.0 Å². The maximum atomic E-state index is 12.1. The molecule has 0 spiro atoms. The lowest BCUT2D eigenvalue weighted by atomic mass is 10.1. The van der Waals surface area contributed by atoms with Crippen molar-refractivity contribution in [2.45, 2.75) is 36.9 Å². The van der Waals surface area contributed by atoms with Gasteiger partial charge in [0.25, 0.3) is 0 Å². The number of rotatable bonds is 7. The second-order valence-electron chi connectivity index (χ2n) is 4.70. The second kappa shape index (κ2) is 6.65. The van der Waals surface area contributed by atoms with Crippen molar-refractivity contribution in [2.24, 2.45) is 0 Å². The third-order valence-corrected chi connectivity index (χ3v) is 5.81. The van der Waals surface area contributed by atoms with Crippen molar-refractivity contribution in [1.29, 1.82) is 0 Å². The molecule has 0 aliphatic heterocycles. The molecule has 4 nitrogen and oxygen atoms in total. The van der Waals surface area contributed by atoms with Gasteiger partial charge in [-0.3, -0.25) is 0 Å². The fourth-order valence-corrected chi connectivity index (χ4v) is 4.05. The lowest BCUT2D eigenvalue weighted by Crippen LogP contribution is -2.39. The minimum absolute atomic E-state index is 0.242. The molecule has 18 heavy (non-hydrogen) atoms. The molecule has 6 heteroatoms. The van der Waals surface area contributed by atoms with Gasteiger partial charge >= 0.3 is 0 Å². The first-order chi connectivity index (χ1) is 8.36. The Morgan fingerprint density at radius 2 is 2.11 bits per heavy atom. The summed E-state index contributed by atoms with van der Waals surface area (Å²) in [6, 6.07) is 1.95. The van der Waals surface area contributed by atoms with Gasteiger partial charge in [0.15, 0.2) is 0 Å². The van der Waals surface area contributed by atoms with Crippen molar-refractivity contribution in [2.75, 3.05) is 20.6 Å². The van der Waals surface area contributed by atoms with Crippen LogP contribution in [0.25, 0.3) is 0 Å². The van der Waals surface area contributed by atoms with E-state index in [4.69, 9.17) is 0 Å². The van der Waals surface area contributed by atoms with Crippen LogP contribution in [0, 0.1) is 6.92 Å². The summed E-state index contributed by atoms with van der Waals surface area (Å²) in [6.45, 7) is 4.46. The average molecular weight is 290 g/mol. The third-order valence-electron chi connectivity index (χ3n) is 2.83. The molecule has 0 bridgehead atoms. The smallest absolute Gasteiger partial charge is 0.250 e. The zero-order chi connectivity index (χ0) is 13.8. The summed E-state index contributed by atoms with van der Waals surface area (Å²) in [7, 11) is 0.608. The van der Waals surface area contributed by atoms with Crippen molar-refractivity contribution < 1.29 is 8.42 Å². The van der Waals surface area contributed by atoms with E-state index in [1.54, 1.807) is 6.07 Å². The van der Waals surface area contributed by atoms with Crippen LogP contribution >= 0.6 is 11.3 Å². The van der Waals surface area contributed by atoms with E-state index in [9.17, 15) is 8.42 Å². The van der Waals surface area contributed by atoms with Gasteiger partial charge in [0.05, 0.1) is 0 Å². The molecule has 104 valence electrons. The molecule has 1 aromatic rings. The zero-order valence-corrected chi connectivity index (χ0v) is 13.1. The van der Waals surface area contributed by atoms with Gasteiger partial charge in [-0.15, -0.1) is 11.3 Å². The zero-order valence-electron chi connectivity index (χ0n) is 11.4. The SMILES string of the molecule is CCC[C@@H](CNS(=O)(=O)c1cc(C)cs1)N(C)C. The highest BCUT2D eigenvalue weighted by Gasteiger charge is 2.19. The molecular formula is C12H22N2O2S2. The van der Waals surface area contributed by atoms with Gasteiger partial charge in [-0.2, -0.15) is 0 Å². The molecule has 0 radical (unpaired) electrons. The molecule has 1 aromatic heterocycles. The topological polar surface area (TPSA) is 49.4 Å². The molecule has 0 saturated heterocycles. The van der Waals surface area contributed by atoms with Crippen LogP contribution in [0.5, 0.6) is 0 Å². The van der Waals surface area contributed by atoms with Crippen molar-refractivity contribution in [3.8, 4) is 0 Å². The minimum Gasteiger partial charge on any atom is -0.305 e. The number of hydrogen-bond donors (Lipinski definition) is 1. The summed E-state index contributed by atoms with van der Waals surface area (Å²) in [5, 5.41) is 1.85. The number of hydrogen-bond acceptors (Lipinski definition) is 4. The maximum absolute atomic E-state index is 12.1. The summed E-state index contributed by atoms with van der Waals surface area (Å²) in [5.41, 5.74) is 0.984. The van der Waals surface area contributed by atoms with E-state index in [2.05, 4.69) is 16.5 Å². The van der Waals surface area contributed by atoms with Gasteiger partial charge in [0, 0.05) is 12.6 Å². The summed E-state index contributed by atoms with van der Waals surface area (Å²) >= 11 is 1.27. The number of aryl methyl sites for hydroxylation is 1. The first-order valence-corrected chi connectivity index (χ1v) is 8.44. The molecular weight excluding hydrogens is 268 g/mol. The molecule has 1 N–H and O–H groups in total. The van der Waals surface area contributed by atoms with Gasteiger partial charge in [0.1, 0.15) is 4.21 Å². The number of thiophene rings is 1. The molecule has 0 fully saturated rings. The van der Waals surface area contributed by atoms with Gasteiger partial charge < -0.3 is 4.90 Å². The highest BCUT2D eigenvalue weighted by atomic mass is 32.2. The van der Waals surface area contributed by atoms with Crippen LogP contribution in [0.2, 0.25) is 0 Å². The molecule has 0 saturated carbocycles. The molecule has 0 aliphatic rings. The Hall–Kier alpha value is -0.430. The van der Waals surface area contributed by atoms with Crippen LogP contribution in [0.15, 0.2) is 15.7 Å². The molecule has 0 aliphatic carbocycles. The van der Waals surface area contributed by atoms with E-state index >= 15 is 0 Å². The Balaban J connectivity index is 2.66. The van der Waals surface area contributed by atoms with Crippen molar-refractivity contribution in [3.05, 3.63) is 17.0 Å². The normalized spacial score (nSPS) is 14.1. The predicted octanol–water partition coefficient (Wildman–Crippen LogP) is 2.07. The first-order valence-electron chi connectivity index (χ1n) is 6.08. The Bertz CT molecular complexity index is 466. The summed E-state index contributed by atoms with van der Waals surface area (Å²) in [5.74, 6) is 0.